The highest BCUT2D eigenvalue weighted by atomic mass is 32.2. The molecule has 0 unspecified atom stereocenters. The van der Waals surface area contributed by atoms with Crippen LogP contribution in [0.2, 0.25) is 0 Å². The van der Waals surface area contributed by atoms with Crippen LogP contribution in [-0.4, -0.2) is 25.2 Å². The summed E-state index contributed by atoms with van der Waals surface area (Å²) < 4.78 is 2.18. The summed E-state index contributed by atoms with van der Waals surface area (Å²) >= 11 is 1.50. The molecule has 102 valence electrons. The second-order valence-electron chi connectivity index (χ2n) is 4.51. The van der Waals surface area contributed by atoms with Crippen molar-refractivity contribution in [2.45, 2.75) is 10.1 Å². The van der Waals surface area contributed by atoms with Gasteiger partial charge in [-0.05, 0) is 35.2 Å². The molecule has 5 nitrogen and oxygen atoms in total. The minimum Gasteiger partial charge on any atom is -0.315 e. The molecule has 21 heavy (non-hydrogen) atoms. The molecule has 0 radical (unpaired) electrons. The third-order valence-corrected chi connectivity index (χ3v) is 4.14. The van der Waals surface area contributed by atoms with Gasteiger partial charge >= 0.3 is 0 Å². The monoisotopic (exact) mass is 293 g/mol. The zero-order chi connectivity index (χ0) is 14.1. The summed E-state index contributed by atoms with van der Waals surface area (Å²) in [6.07, 6.45) is 2.11. The molecule has 2 heterocycles. The van der Waals surface area contributed by atoms with Crippen LogP contribution in [-0.2, 0) is 0 Å². The average molecular weight is 293 g/mol. The fraction of sp³-hybridized carbons (Fsp3) is 0. The Hall–Kier alpha value is -2.60. The maximum absolute atomic E-state index is 4.01. The standard InChI is InChI=1S/C15H11N5S/c1-2-6-11(7-3-1)20-10-14(21-15-16-18-19-17-15)12-8-4-5-9-13(12)20/h1-10H,(H,16,17,18,19). The molecule has 0 aliphatic rings. The lowest BCUT2D eigenvalue weighted by molar-refractivity contribution is 0.881. The number of nitrogens with zero attached hydrogens (tertiary/aromatic N) is 4. The van der Waals surface area contributed by atoms with Gasteiger partial charge in [-0.25, -0.2) is 0 Å². The van der Waals surface area contributed by atoms with Crippen LogP contribution in [0.1, 0.15) is 0 Å². The minimum atomic E-state index is 0.617. The predicted molar refractivity (Wildman–Crippen MR) is 81.6 cm³/mol. The van der Waals surface area contributed by atoms with Gasteiger partial charge in [-0.2, -0.15) is 5.21 Å². The lowest BCUT2D eigenvalue weighted by Crippen LogP contribution is -1.90. The van der Waals surface area contributed by atoms with E-state index in [2.05, 4.69) is 55.7 Å². The maximum atomic E-state index is 4.01. The number of aromatic nitrogens is 5. The number of aromatic amines is 1. The third kappa shape index (κ3) is 2.19. The summed E-state index contributed by atoms with van der Waals surface area (Å²) in [7, 11) is 0. The average Bonchev–Trinajstić information content (AvgIpc) is 3.17. The molecule has 0 amide bonds. The Labute approximate surface area is 125 Å². The number of H-pyrrole nitrogens is 1. The van der Waals surface area contributed by atoms with Crippen molar-refractivity contribution in [2.75, 3.05) is 0 Å². The quantitative estimate of drug-likeness (QED) is 0.629. The highest BCUT2D eigenvalue weighted by Crippen LogP contribution is 2.34. The Morgan fingerprint density at radius 3 is 2.57 bits per heavy atom. The number of hydrogen-bond donors (Lipinski definition) is 1. The number of hydrogen-bond acceptors (Lipinski definition) is 4. The van der Waals surface area contributed by atoms with Gasteiger partial charge in [0.15, 0.2) is 0 Å². The Morgan fingerprint density at radius 1 is 0.952 bits per heavy atom. The lowest BCUT2D eigenvalue weighted by Gasteiger charge is -2.04. The van der Waals surface area contributed by atoms with Crippen LogP contribution in [0, 0.1) is 0 Å². The van der Waals surface area contributed by atoms with E-state index in [1.807, 2.05) is 30.3 Å². The summed E-state index contributed by atoms with van der Waals surface area (Å²) in [5.41, 5.74) is 2.29. The molecule has 0 aliphatic carbocycles. The molecule has 2 aromatic heterocycles. The molecule has 1 N–H and O–H groups in total. The Bertz CT molecular complexity index is 868. The molecule has 0 bridgehead atoms. The van der Waals surface area contributed by atoms with E-state index in [0.29, 0.717) is 5.16 Å². The van der Waals surface area contributed by atoms with Crippen LogP contribution in [0.25, 0.3) is 16.6 Å². The Balaban J connectivity index is 1.89. The minimum absolute atomic E-state index is 0.617. The summed E-state index contributed by atoms with van der Waals surface area (Å²) in [5.74, 6) is 0. The van der Waals surface area contributed by atoms with Crippen LogP contribution in [0.5, 0.6) is 0 Å². The number of nitrogens with one attached hydrogen (secondary N) is 1. The van der Waals surface area contributed by atoms with E-state index >= 15 is 0 Å². The van der Waals surface area contributed by atoms with E-state index in [0.717, 1.165) is 16.1 Å². The molecular formula is C15H11N5S. The van der Waals surface area contributed by atoms with Crippen LogP contribution in [0.3, 0.4) is 0 Å². The molecule has 0 saturated carbocycles. The second kappa shape index (κ2) is 5.06. The van der Waals surface area contributed by atoms with Gasteiger partial charge in [-0.15, -0.1) is 10.2 Å². The van der Waals surface area contributed by atoms with E-state index in [1.54, 1.807) is 0 Å². The summed E-state index contributed by atoms with van der Waals surface area (Å²) in [4.78, 5) is 1.11. The molecule has 4 aromatic rings. The first kappa shape index (κ1) is 12.2. The van der Waals surface area contributed by atoms with E-state index < -0.39 is 0 Å². The zero-order valence-electron chi connectivity index (χ0n) is 11.0. The van der Waals surface area contributed by atoms with Crippen molar-refractivity contribution >= 4 is 22.7 Å². The number of para-hydroxylation sites is 2. The Kier molecular flexibility index (Phi) is 2.93. The fourth-order valence-corrected chi connectivity index (χ4v) is 3.13. The van der Waals surface area contributed by atoms with E-state index in [9.17, 15) is 0 Å². The molecule has 6 heteroatoms. The number of benzene rings is 2. The van der Waals surface area contributed by atoms with Gasteiger partial charge in [0.2, 0.25) is 5.16 Å². The van der Waals surface area contributed by atoms with Crippen LogP contribution >= 0.6 is 11.8 Å². The summed E-state index contributed by atoms with van der Waals surface area (Å²) in [5, 5.41) is 15.9. The summed E-state index contributed by atoms with van der Waals surface area (Å²) in [6.45, 7) is 0. The van der Waals surface area contributed by atoms with Gasteiger partial charge in [0.05, 0.1) is 5.52 Å². The maximum Gasteiger partial charge on any atom is 0.235 e. The molecule has 4 rings (SSSR count). The van der Waals surface area contributed by atoms with Crippen molar-refractivity contribution in [1.82, 2.24) is 25.2 Å². The van der Waals surface area contributed by atoms with Gasteiger partial charge in [-0.1, -0.05) is 36.4 Å². The number of tetrazole rings is 1. The van der Waals surface area contributed by atoms with Gasteiger partial charge in [0, 0.05) is 22.2 Å². The highest BCUT2D eigenvalue weighted by molar-refractivity contribution is 7.99. The largest absolute Gasteiger partial charge is 0.315 e. The molecule has 2 aromatic carbocycles. The van der Waals surface area contributed by atoms with Gasteiger partial charge in [0.1, 0.15) is 0 Å². The van der Waals surface area contributed by atoms with Crippen LogP contribution in [0.4, 0.5) is 0 Å². The predicted octanol–water partition coefficient (Wildman–Crippen LogP) is 3.29. The molecule has 0 fully saturated rings. The van der Waals surface area contributed by atoms with E-state index in [1.165, 1.54) is 17.1 Å². The summed E-state index contributed by atoms with van der Waals surface area (Å²) in [6, 6.07) is 18.6. The number of fused-ring (bicyclic) bond motifs is 1. The van der Waals surface area contributed by atoms with E-state index in [4.69, 9.17) is 0 Å². The topological polar surface area (TPSA) is 59.4 Å². The van der Waals surface area contributed by atoms with Crippen molar-refractivity contribution in [3.8, 4) is 5.69 Å². The second-order valence-corrected chi connectivity index (χ2v) is 5.52. The van der Waals surface area contributed by atoms with E-state index in [-0.39, 0.29) is 0 Å². The van der Waals surface area contributed by atoms with Crippen LogP contribution < -0.4 is 0 Å². The van der Waals surface area contributed by atoms with Crippen molar-refractivity contribution in [3.05, 3.63) is 60.8 Å². The molecule has 0 aliphatic heterocycles. The fourth-order valence-electron chi connectivity index (χ4n) is 2.33. The van der Waals surface area contributed by atoms with Gasteiger partial charge in [-0.3, -0.25) is 0 Å². The van der Waals surface area contributed by atoms with Crippen LogP contribution in [0.15, 0.2) is 70.8 Å². The Morgan fingerprint density at radius 2 is 1.76 bits per heavy atom. The van der Waals surface area contributed by atoms with Crippen molar-refractivity contribution in [3.63, 3.8) is 0 Å². The van der Waals surface area contributed by atoms with Gasteiger partial charge < -0.3 is 4.57 Å². The normalized spacial score (nSPS) is 11.0. The SMILES string of the molecule is c1ccc(-n2cc(Sc3nn[nH]n3)c3ccccc32)cc1. The van der Waals surface area contributed by atoms with Crippen molar-refractivity contribution in [1.29, 1.82) is 0 Å². The van der Waals surface area contributed by atoms with Gasteiger partial charge in [0.25, 0.3) is 0 Å². The lowest BCUT2D eigenvalue weighted by atomic mass is 10.2. The van der Waals surface area contributed by atoms with Crippen molar-refractivity contribution in [2.24, 2.45) is 0 Å². The smallest absolute Gasteiger partial charge is 0.235 e. The molecule has 0 atom stereocenters. The van der Waals surface area contributed by atoms with Crippen molar-refractivity contribution < 1.29 is 0 Å². The first-order valence-corrected chi connectivity index (χ1v) is 7.30. The molecule has 0 saturated heterocycles. The first-order valence-electron chi connectivity index (χ1n) is 6.48. The molecular weight excluding hydrogens is 282 g/mol. The zero-order valence-corrected chi connectivity index (χ0v) is 11.8. The first-order chi connectivity index (χ1) is 10.4. The third-order valence-electron chi connectivity index (χ3n) is 3.24. The number of rotatable bonds is 3. The highest BCUT2D eigenvalue weighted by Gasteiger charge is 2.12. The molecule has 0 spiro atoms.